The van der Waals surface area contributed by atoms with Gasteiger partial charge in [0.25, 0.3) is 0 Å². The van der Waals surface area contributed by atoms with Crippen LogP contribution in [-0.4, -0.2) is 50.1 Å². The highest BCUT2D eigenvalue weighted by molar-refractivity contribution is 14.0. The molecule has 5 heteroatoms. The lowest BCUT2D eigenvalue weighted by molar-refractivity contribution is 0.201. The van der Waals surface area contributed by atoms with Gasteiger partial charge in [0.2, 0.25) is 0 Å². The standard InChI is InChI=1S/C16H32N4.HI/c1-14(13-20-10-6-3-7-11-20)12-18-16(17-2)19-15-8-4-5-9-15;/h14-15H,3-13H2,1-2H3,(H2,17,18,19);1H. The molecule has 0 bridgehead atoms. The van der Waals surface area contributed by atoms with Crippen LogP contribution in [0.4, 0.5) is 0 Å². The number of piperidine rings is 1. The van der Waals surface area contributed by atoms with Crippen LogP contribution >= 0.6 is 24.0 Å². The summed E-state index contributed by atoms with van der Waals surface area (Å²) in [5.74, 6) is 1.66. The number of guanidine groups is 1. The van der Waals surface area contributed by atoms with E-state index in [1.54, 1.807) is 0 Å². The number of aliphatic imine (C=N–C) groups is 1. The molecule has 0 amide bonds. The van der Waals surface area contributed by atoms with Gasteiger partial charge in [0, 0.05) is 26.2 Å². The molecular formula is C16H33IN4. The van der Waals surface area contributed by atoms with Crippen molar-refractivity contribution in [1.29, 1.82) is 0 Å². The predicted molar refractivity (Wildman–Crippen MR) is 102 cm³/mol. The first-order chi connectivity index (χ1) is 9.78. The molecule has 4 nitrogen and oxygen atoms in total. The Balaban J connectivity index is 0.00000220. The molecule has 0 aromatic rings. The molecule has 1 aliphatic heterocycles. The van der Waals surface area contributed by atoms with Gasteiger partial charge in [-0.15, -0.1) is 24.0 Å². The number of nitrogens with one attached hydrogen (secondary N) is 2. The number of likely N-dealkylation sites (tertiary alicyclic amines) is 1. The fourth-order valence-corrected chi connectivity index (χ4v) is 3.38. The molecule has 2 fully saturated rings. The third-order valence-corrected chi connectivity index (χ3v) is 4.56. The average molecular weight is 408 g/mol. The lowest BCUT2D eigenvalue weighted by atomic mass is 10.1. The summed E-state index contributed by atoms with van der Waals surface area (Å²) in [6.45, 7) is 7.15. The summed E-state index contributed by atoms with van der Waals surface area (Å²) in [6.07, 6.45) is 9.49. The third-order valence-electron chi connectivity index (χ3n) is 4.56. The van der Waals surface area contributed by atoms with Crippen molar-refractivity contribution >= 4 is 29.9 Å². The van der Waals surface area contributed by atoms with Crippen molar-refractivity contribution in [1.82, 2.24) is 15.5 Å². The van der Waals surface area contributed by atoms with E-state index in [2.05, 4.69) is 27.4 Å². The van der Waals surface area contributed by atoms with E-state index < -0.39 is 0 Å². The second kappa shape index (κ2) is 10.6. The second-order valence-electron chi connectivity index (χ2n) is 6.55. The molecule has 2 rings (SSSR count). The number of hydrogen-bond donors (Lipinski definition) is 2. The van der Waals surface area contributed by atoms with Gasteiger partial charge in [0.05, 0.1) is 0 Å². The Morgan fingerprint density at radius 1 is 1.14 bits per heavy atom. The van der Waals surface area contributed by atoms with Gasteiger partial charge in [0.15, 0.2) is 5.96 Å². The average Bonchev–Trinajstić information content (AvgIpc) is 2.97. The molecule has 124 valence electrons. The van der Waals surface area contributed by atoms with E-state index in [9.17, 15) is 0 Å². The summed E-state index contributed by atoms with van der Waals surface area (Å²) in [6, 6.07) is 0.638. The first-order valence-electron chi connectivity index (χ1n) is 8.47. The van der Waals surface area contributed by atoms with Crippen LogP contribution < -0.4 is 10.6 Å². The zero-order valence-corrected chi connectivity index (χ0v) is 16.1. The van der Waals surface area contributed by atoms with Crippen molar-refractivity contribution in [3.05, 3.63) is 0 Å². The van der Waals surface area contributed by atoms with Crippen molar-refractivity contribution in [2.24, 2.45) is 10.9 Å². The third kappa shape index (κ3) is 7.17. The summed E-state index contributed by atoms with van der Waals surface area (Å²) in [5.41, 5.74) is 0. The fraction of sp³-hybridized carbons (Fsp3) is 0.938. The van der Waals surface area contributed by atoms with Crippen molar-refractivity contribution in [2.45, 2.75) is 57.9 Å². The van der Waals surface area contributed by atoms with Crippen molar-refractivity contribution in [3.8, 4) is 0 Å². The lowest BCUT2D eigenvalue weighted by Crippen LogP contribution is -2.45. The van der Waals surface area contributed by atoms with Crippen LogP contribution in [0.2, 0.25) is 0 Å². The van der Waals surface area contributed by atoms with Gasteiger partial charge in [-0.05, 0) is 44.7 Å². The van der Waals surface area contributed by atoms with Crippen molar-refractivity contribution < 1.29 is 0 Å². The molecule has 21 heavy (non-hydrogen) atoms. The fourth-order valence-electron chi connectivity index (χ4n) is 3.38. The number of rotatable bonds is 5. The summed E-state index contributed by atoms with van der Waals surface area (Å²) in [5, 5.41) is 7.05. The SMILES string of the molecule is CN=C(NCC(C)CN1CCCCC1)NC1CCCC1.I. The molecule has 2 N–H and O–H groups in total. The molecular weight excluding hydrogens is 375 g/mol. The van der Waals surface area contributed by atoms with E-state index in [0.29, 0.717) is 12.0 Å². The molecule has 1 saturated heterocycles. The van der Waals surface area contributed by atoms with Crippen LogP contribution in [0.25, 0.3) is 0 Å². The Bertz CT molecular complexity index is 297. The maximum absolute atomic E-state index is 4.35. The minimum Gasteiger partial charge on any atom is -0.356 e. The highest BCUT2D eigenvalue weighted by Crippen LogP contribution is 2.17. The van der Waals surface area contributed by atoms with E-state index in [1.807, 2.05) is 7.05 Å². The summed E-state index contributed by atoms with van der Waals surface area (Å²) in [7, 11) is 1.87. The largest absolute Gasteiger partial charge is 0.356 e. The normalized spacial score (nSPS) is 22.7. The molecule has 2 aliphatic rings. The summed E-state index contributed by atoms with van der Waals surface area (Å²) in [4.78, 5) is 6.97. The van der Waals surface area contributed by atoms with Gasteiger partial charge in [-0.25, -0.2) is 0 Å². The first kappa shape index (κ1) is 19.0. The van der Waals surface area contributed by atoms with Crippen LogP contribution in [-0.2, 0) is 0 Å². The van der Waals surface area contributed by atoms with E-state index in [4.69, 9.17) is 0 Å². The van der Waals surface area contributed by atoms with Crippen LogP contribution in [0.1, 0.15) is 51.9 Å². The second-order valence-corrected chi connectivity index (χ2v) is 6.55. The predicted octanol–water partition coefficient (Wildman–Crippen LogP) is 2.83. The van der Waals surface area contributed by atoms with Crippen molar-refractivity contribution in [2.75, 3.05) is 33.2 Å². The monoisotopic (exact) mass is 408 g/mol. The number of hydrogen-bond acceptors (Lipinski definition) is 2. The Morgan fingerprint density at radius 3 is 2.43 bits per heavy atom. The minimum atomic E-state index is 0. The molecule has 1 heterocycles. The Morgan fingerprint density at radius 2 is 1.81 bits per heavy atom. The van der Waals surface area contributed by atoms with Gasteiger partial charge < -0.3 is 15.5 Å². The summed E-state index contributed by atoms with van der Waals surface area (Å²) < 4.78 is 0. The van der Waals surface area contributed by atoms with E-state index in [-0.39, 0.29) is 24.0 Å². The Hall–Kier alpha value is -0.0400. The maximum atomic E-state index is 4.35. The van der Waals surface area contributed by atoms with Gasteiger partial charge in [-0.2, -0.15) is 0 Å². The molecule has 1 unspecified atom stereocenters. The highest BCUT2D eigenvalue weighted by Gasteiger charge is 2.17. The number of halogens is 1. The van der Waals surface area contributed by atoms with Crippen LogP contribution in [0, 0.1) is 5.92 Å². The van der Waals surface area contributed by atoms with Gasteiger partial charge >= 0.3 is 0 Å². The minimum absolute atomic E-state index is 0. The van der Waals surface area contributed by atoms with Gasteiger partial charge in [0.1, 0.15) is 0 Å². The first-order valence-corrected chi connectivity index (χ1v) is 8.47. The molecule has 0 aromatic heterocycles. The maximum Gasteiger partial charge on any atom is 0.191 e. The molecule has 0 radical (unpaired) electrons. The molecule has 0 aromatic carbocycles. The smallest absolute Gasteiger partial charge is 0.191 e. The van der Waals surface area contributed by atoms with E-state index in [1.165, 1.54) is 64.6 Å². The van der Waals surface area contributed by atoms with E-state index >= 15 is 0 Å². The zero-order chi connectivity index (χ0) is 14.2. The summed E-state index contributed by atoms with van der Waals surface area (Å²) >= 11 is 0. The van der Waals surface area contributed by atoms with E-state index in [0.717, 1.165) is 12.5 Å². The van der Waals surface area contributed by atoms with Crippen LogP contribution in [0.5, 0.6) is 0 Å². The molecule has 1 aliphatic carbocycles. The highest BCUT2D eigenvalue weighted by atomic mass is 127. The van der Waals surface area contributed by atoms with Crippen LogP contribution in [0.3, 0.4) is 0 Å². The van der Waals surface area contributed by atoms with Gasteiger partial charge in [-0.1, -0.05) is 26.2 Å². The zero-order valence-electron chi connectivity index (χ0n) is 13.7. The lowest BCUT2D eigenvalue weighted by Gasteiger charge is -2.29. The Labute approximate surface area is 147 Å². The topological polar surface area (TPSA) is 39.7 Å². The van der Waals surface area contributed by atoms with Crippen LogP contribution in [0.15, 0.2) is 4.99 Å². The Kier molecular flexibility index (Phi) is 9.64. The molecule has 1 saturated carbocycles. The quantitative estimate of drug-likeness (QED) is 0.418. The molecule has 0 spiro atoms. The molecule has 1 atom stereocenters. The number of nitrogens with zero attached hydrogens (tertiary/aromatic N) is 2. The van der Waals surface area contributed by atoms with Gasteiger partial charge in [-0.3, -0.25) is 4.99 Å². The van der Waals surface area contributed by atoms with Crippen molar-refractivity contribution in [3.63, 3.8) is 0 Å².